The Hall–Kier alpha value is -1.23. The fraction of sp³-hybridized carbons (Fsp3) is 0.417. The first-order valence-corrected chi connectivity index (χ1v) is 6.25. The van der Waals surface area contributed by atoms with E-state index in [0.717, 1.165) is 0 Å². The quantitative estimate of drug-likeness (QED) is 0.781. The van der Waals surface area contributed by atoms with Gasteiger partial charge in [0.25, 0.3) is 0 Å². The van der Waals surface area contributed by atoms with Gasteiger partial charge >= 0.3 is 0 Å². The molecule has 0 aliphatic carbocycles. The lowest BCUT2D eigenvalue weighted by molar-refractivity contribution is 0.411. The molecule has 0 bridgehead atoms. The van der Waals surface area contributed by atoms with Crippen molar-refractivity contribution in [2.24, 2.45) is 4.40 Å². The lowest BCUT2D eigenvalue weighted by atomic mass is 10.2. The summed E-state index contributed by atoms with van der Waals surface area (Å²) in [6.07, 6.45) is 1.29. The first-order chi connectivity index (χ1) is 7.84. The monoisotopic (exact) mass is 257 g/mol. The van der Waals surface area contributed by atoms with Gasteiger partial charge in [-0.25, -0.2) is 8.60 Å². The molecule has 3 nitrogen and oxygen atoms in total. The lowest BCUT2D eigenvalue weighted by Gasteiger charge is -2.12. The summed E-state index contributed by atoms with van der Waals surface area (Å²) in [6, 6.07) is 4.43. The van der Waals surface area contributed by atoms with Crippen LogP contribution in [0.5, 0.6) is 5.75 Å². The maximum atomic E-state index is 13.5. The molecule has 0 spiro atoms. The largest absolute Gasteiger partial charge is 0.497 e. The van der Waals surface area contributed by atoms with Gasteiger partial charge in [0.15, 0.2) is 0 Å². The summed E-state index contributed by atoms with van der Waals surface area (Å²) in [6.45, 7) is 5.43. The molecule has 0 saturated carbocycles. The summed E-state index contributed by atoms with van der Waals surface area (Å²) in [7, 11) is 0.0877. The third-order valence-electron chi connectivity index (χ3n) is 2.02. The molecule has 0 N–H and O–H groups in total. The highest BCUT2D eigenvalue weighted by Gasteiger charge is 2.18. The van der Waals surface area contributed by atoms with Crippen molar-refractivity contribution >= 4 is 17.2 Å². The highest BCUT2D eigenvalue weighted by Crippen LogP contribution is 2.16. The van der Waals surface area contributed by atoms with Gasteiger partial charge in [0.1, 0.15) is 22.6 Å². The standard InChI is InChI=1S/C12H16FNO2S/c1-12(2,3)17(15)14-8-9-5-6-10(16-4)7-11(9)13/h5-8H,1-4H3. The summed E-state index contributed by atoms with van der Waals surface area (Å²) in [5.41, 5.74) is 0.295. The number of rotatable bonds is 3. The minimum absolute atomic E-state index is 0.295. The summed E-state index contributed by atoms with van der Waals surface area (Å²) in [4.78, 5) is 0. The van der Waals surface area contributed by atoms with E-state index in [1.165, 1.54) is 25.5 Å². The predicted molar refractivity (Wildman–Crippen MR) is 68.4 cm³/mol. The summed E-state index contributed by atoms with van der Waals surface area (Å²) >= 11 is 0. The molecule has 0 saturated heterocycles. The van der Waals surface area contributed by atoms with Gasteiger partial charge in [0.2, 0.25) is 0 Å². The Bertz CT molecular complexity index is 452. The summed E-state index contributed by atoms with van der Waals surface area (Å²) < 4.78 is 33.4. The molecule has 5 heteroatoms. The van der Waals surface area contributed by atoms with E-state index in [9.17, 15) is 8.60 Å². The van der Waals surface area contributed by atoms with E-state index in [-0.39, 0.29) is 0 Å². The number of methoxy groups -OCH3 is 1. The highest BCUT2D eigenvalue weighted by molar-refractivity contribution is 7.85. The highest BCUT2D eigenvalue weighted by atomic mass is 32.2. The molecule has 1 atom stereocenters. The minimum Gasteiger partial charge on any atom is -0.497 e. The zero-order valence-electron chi connectivity index (χ0n) is 10.4. The molecule has 1 rings (SSSR count). The number of benzene rings is 1. The van der Waals surface area contributed by atoms with E-state index in [1.54, 1.807) is 6.07 Å². The van der Waals surface area contributed by atoms with E-state index in [1.807, 2.05) is 20.8 Å². The fourth-order valence-electron chi connectivity index (χ4n) is 1.00. The van der Waals surface area contributed by atoms with Crippen LogP contribution in [-0.4, -0.2) is 22.3 Å². The van der Waals surface area contributed by atoms with Crippen LogP contribution >= 0.6 is 0 Å². The van der Waals surface area contributed by atoms with Crippen LogP contribution in [0.3, 0.4) is 0 Å². The molecule has 0 amide bonds. The number of halogens is 1. The van der Waals surface area contributed by atoms with E-state index < -0.39 is 21.5 Å². The zero-order valence-corrected chi connectivity index (χ0v) is 11.2. The Morgan fingerprint density at radius 2 is 2.06 bits per heavy atom. The molecule has 0 aliphatic heterocycles. The van der Waals surface area contributed by atoms with E-state index in [0.29, 0.717) is 11.3 Å². The molecule has 1 aromatic rings. The first kappa shape index (κ1) is 13.8. The Kier molecular flexibility index (Phi) is 4.40. The Morgan fingerprint density at radius 1 is 1.41 bits per heavy atom. The number of hydrogen-bond acceptors (Lipinski definition) is 2. The van der Waals surface area contributed by atoms with Gasteiger partial charge < -0.3 is 4.74 Å². The van der Waals surface area contributed by atoms with E-state index in [2.05, 4.69) is 4.40 Å². The van der Waals surface area contributed by atoms with Crippen LogP contribution in [0.2, 0.25) is 0 Å². The van der Waals surface area contributed by atoms with Crippen molar-refractivity contribution in [1.29, 1.82) is 0 Å². The maximum Gasteiger partial charge on any atom is 0.144 e. The number of ether oxygens (including phenoxy) is 1. The lowest BCUT2D eigenvalue weighted by Crippen LogP contribution is -2.19. The van der Waals surface area contributed by atoms with Crippen molar-refractivity contribution in [2.75, 3.05) is 7.11 Å². The van der Waals surface area contributed by atoms with Gasteiger partial charge in [-0.1, -0.05) is 0 Å². The SMILES string of the molecule is COc1ccc(C=NS(=O)C(C)(C)C)c(F)c1. The Morgan fingerprint density at radius 3 is 2.53 bits per heavy atom. The van der Waals surface area contributed by atoms with Crippen molar-refractivity contribution in [3.8, 4) is 5.75 Å². The second-order valence-electron chi connectivity index (χ2n) is 4.48. The second-order valence-corrected chi connectivity index (χ2v) is 6.42. The van der Waals surface area contributed by atoms with Crippen molar-refractivity contribution < 1.29 is 13.3 Å². The third kappa shape index (κ3) is 3.93. The van der Waals surface area contributed by atoms with E-state index in [4.69, 9.17) is 4.74 Å². The number of nitrogens with zero attached hydrogens (tertiary/aromatic N) is 1. The molecule has 1 aromatic carbocycles. The Balaban J connectivity index is 2.89. The molecule has 94 valence electrons. The molecule has 0 aliphatic rings. The van der Waals surface area contributed by atoms with Crippen molar-refractivity contribution in [2.45, 2.75) is 25.5 Å². The predicted octanol–water partition coefficient (Wildman–Crippen LogP) is 2.72. The molecule has 1 unspecified atom stereocenters. The maximum absolute atomic E-state index is 13.5. The van der Waals surface area contributed by atoms with E-state index >= 15 is 0 Å². The Labute approximate surface area is 103 Å². The molecule has 0 heterocycles. The number of hydrogen-bond donors (Lipinski definition) is 0. The van der Waals surface area contributed by atoms with Crippen LogP contribution in [0.25, 0.3) is 0 Å². The normalized spacial score (nSPS) is 13.9. The second kappa shape index (κ2) is 5.40. The molecule has 0 aromatic heterocycles. The zero-order chi connectivity index (χ0) is 13.1. The molecular weight excluding hydrogens is 241 g/mol. The average Bonchev–Trinajstić information content (AvgIpc) is 2.25. The molecular formula is C12H16FNO2S. The van der Waals surface area contributed by atoms with Gasteiger partial charge in [0.05, 0.1) is 11.9 Å². The van der Waals surface area contributed by atoms with Gasteiger partial charge in [0, 0.05) is 17.8 Å². The van der Waals surface area contributed by atoms with Crippen LogP contribution in [0.15, 0.2) is 22.6 Å². The van der Waals surface area contributed by atoms with Crippen LogP contribution in [0.4, 0.5) is 4.39 Å². The van der Waals surface area contributed by atoms with Gasteiger partial charge in [-0.2, -0.15) is 4.40 Å². The van der Waals surface area contributed by atoms with Crippen LogP contribution < -0.4 is 4.74 Å². The molecule has 17 heavy (non-hydrogen) atoms. The van der Waals surface area contributed by atoms with Crippen molar-refractivity contribution in [1.82, 2.24) is 0 Å². The minimum atomic E-state index is -1.38. The average molecular weight is 257 g/mol. The van der Waals surface area contributed by atoms with Crippen LogP contribution in [-0.2, 0) is 11.0 Å². The topological polar surface area (TPSA) is 38.7 Å². The smallest absolute Gasteiger partial charge is 0.144 e. The fourth-order valence-corrected chi connectivity index (χ4v) is 1.53. The van der Waals surface area contributed by atoms with Gasteiger partial charge in [-0.15, -0.1) is 0 Å². The van der Waals surface area contributed by atoms with Crippen molar-refractivity contribution in [3.63, 3.8) is 0 Å². The molecule has 0 fully saturated rings. The summed E-state index contributed by atoms with van der Waals surface area (Å²) in [5, 5.41) is 0. The van der Waals surface area contributed by atoms with Crippen LogP contribution in [0.1, 0.15) is 26.3 Å². The van der Waals surface area contributed by atoms with Gasteiger partial charge in [-0.3, -0.25) is 0 Å². The third-order valence-corrected chi connectivity index (χ3v) is 3.36. The van der Waals surface area contributed by atoms with Crippen LogP contribution in [0, 0.1) is 5.82 Å². The summed E-state index contributed by atoms with van der Waals surface area (Å²) in [5.74, 6) is -0.00407. The van der Waals surface area contributed by atoms with Crippen molar-refractivity contribution in [3.05, 3.63) is 29.6 Å². The molecule has 0 radical (unpaired) electrons. The first-order valence-electron chi connectivity index (χ1n) is 5.14. The van der Waals surface area contributed by atoms with Gasteiger partial charge in [-0.05, 0) is 32.9 Å².